The van der Waals surface area contributed by atoms with Crippen LogP contribution in [0, 0.1) is 0 Å². The molecular weight excluding hydrogens is 314 g/mol. The summed E-state index contributed by atoms with van der Waals surface area (Å²) in [7, 11) is 2.14. The minimum atomic E-state index is 0.209. The Morgan fingerprint density at radius 3 is 2.88 bits per heavy atom. The highest BCUT2D eigenvalue weighted by Crippen LogP contribution is 2.20. The number of hydrogen-bond acceptors (Lipinski definition) is 5. The monoisotopic (exact) mass is 345 g/mol. The normalized spacial score (nSPS) is 22.2. The molecular formula is C19H31N5O. The Balaban J connectivity index is 1.42. The lowest BCUT2D eigenvalue weighted by atomic mass is 9.95. The van der Waals surface area contributed by atoms with E-state index in [1.165, 1.54) is 25.7 Å². The van der Waals surface area contributed by atoms with E-state index >= 15 is 0 Å². The molecule has 0 bridgehead atoms. The number of aromatic nitrogens is 2. The fourth-order valence-electron chi connectivity index (χ4n) is 3.99. The molecule has 1 aromatic heterocycles. The van der Waals surface area contributed by atoms with E-state index < -0.39 is 0 Å². The third-order valence-electron chi connectivity index (χ3n) is 5.56. The first-order valence-electron chi connectivity index (χ1n) is 9.74. The predicted molar refractivity (Wildman–Crippen MR) is 99.5 cm³/mol. The molecule has 6 heteroatoms. The summed E-state index contributed by atoms with van der Waals surface area (Å²) in [6.07, 6.45) is 10.8. The summed E-state index contributed by atoms with van der Waals surface area (Å²) in [6, 6.07) is 4.84. The Bertz CT molecular complexity index is 532. The molecule has 1 saturated heterocycles. The first kappa shape index (κ1) is 18.1. The third-order valence-corrected chi connectivity index (χ3v) is 5.56. The van der Waals surface area contributed by atoms with Crippen LogP contribution in [-0.2, 0) is 4.79 Å². The van der Waals surface area contributed by atoms with Gasteiger partial charge in [0.15, 0.2) is 5.82 Å². The summed E-state index contributed by atoms with van der Waals surface area (Å²) >= 11 is 0. The summed E-state index contributed by atoms with van der Waals surface area (Å²) in [6.45, 7) is 2.81. The molecule has 2 aliphatic rings. The van der Waals surface area contributed by atoms with Gasteiger partial charge in [0.05, 0.1) is 0 Å². The lowest BCUT2D eigenvalue weighted by Gasteiger charge is -2.38. The second kappa shape index (κ2) is 9.13. The molecule has 1 aliphatic heterocycles. The molecule has 1 saturated carbocycles. The number of carbonyl (C=O) groups excluding carboxylic acids is 1. The largest absolute Gasteiger partial charge is 0.354 e. The molecule has 1 aliphatic carbocycles. The Hall–Kier alpha value is -1.69. The maximum Gasteiger partial charge on any atom is 0.221 e. The van der Waals surface area contributed by atoms with Crippen LogP contribution < -0.4 is 10.2 Å². The van der Waals surface area contributed by atoms with Crippen molar-refractivity contribution in [1.82, 2.24) is 20.4 Å². The summed E-state index contributed by atoms with van der Waals surface area (Å²) < 4.78 is 0. The maximum absolute atomic E-state index is 12.2. The number of carbonyl (C=O) groups is 1. The Morgan fingerprint density at radius 1 is 1.28 bits per heavy atom. The predicted octanol–water partition coefficient (Wildman–Crippen LogP) is 2.22. The van der Waals surface area contributed by atoms with Crippen molar-refractivity contribution in [2.75, 3.05) is 31.6 Å². The van der Waals surface area contributed by atoms with Crippen molar-refractivity contribution in [2.24, 2.45) is 0 Å². The highest BCUT2D eigenvalue weighted by Gasteiger charge is 2.24. The van der Waals surface area contributed by atoms with Gasteiger partial charge in [-0.25, -0.2) is 0 Å². The number of nitrogens with zero attached hydrogens (tertiary/aromatic N) is 4. The highest BCUT2D eigenvalue weighted by molar-refractivity contribution is 5.76. The van der Waals surface area contributed by atoms with Crippen molar-refractivity contribution >= 4 is 11.7 Å². The molecule has 0 spiro atoms. The van der Waals surface area contributed by atoms with E-state index in [1.807, 2.05) is 12.1 Å². The molecule has 2 heterocycles. The molecule has 6 nitrogen and oxygen atoms in total. The topological polar surface area (TPSA) is 61.4 Å². The van der Waals surface area contributed by atoms with Gasteiger partial charge in [0.2, 0.25) is 5.91 Å². The first-order chi connectivity index (χ1) is 12.2. The minimum Gasteiger partial charge on any atom is -0.354 e. The zero-order valence-corrected chi connectivity index (χ0v) is 15.4. The van der Waals surface area contributed by atoms with Crippen molar-refractivity contribution in [2.45, 2.75) is 63.5 Å². The number of anilines is 1. The lowest BCUT2D eigenvalue weighted by Crippen LogP contribution is -2.48. The van der Waals surface area contributed by atoms with Gasteiger partial charge >= 0.3 is 0 Å². The Labute approximate surface area is 151 Å². The Kier molecular flexibility index (Phi) is 6.62. The van der Waals surface area contributed by atoms with E-state index in [1.54, 1.807) is 6.20 Å². The maximum atomic E-state index is 12.2. The minimum absolute atomic E-state index is 0.209. The number of rotatable bonds is 6. The van der Waals surface area contributed by atoms with Crippen LogP contribution in [0.3, 0.4) is 0 Å². The van der Waals surface area contributed by atoms with Gasteiger partial charge in [-0.2, -0.15) is 5.10 Å². The summed E-state index contributed by atoms with van der Waals surface area (Å²) in [4.78, 5) is 16.9. The van der Waals surface area contributed by atoms with Gasteiger partial charge in [0.1, 0.15) is 0 Å². The van der Waals surface area contributed by atoms with Crippen molar-refractivity contribution in [3.05, 3.63) is 18.3 Å². The van der Waals surface area contributed by atoms with Gasteiger partial charge in [-0.15, -0.1) is 5.10 Å². The summed E-state index contributed by atoms with van der Waals surface area (Å²) in [5.74, 6) is 1.16. The van der Waals surface area contributed by atoms with Gasteiger partial charge in [0, 0.05) is 44.3 Å². The third kappa shape index (κ3) is 5.39. The summed E-state index contributed by atoms with van der Waals surface area (Å²) in [5, 5.41) is 11.4. The first-order valence-corrected chi connectivity index (χ1v) is 9.74. The second-order valence-corrected chi connectivity index (χ2v) is 7.46. The molecule has 3 rings (SSSR count). The van der Waals surface area contributed by atoms with E-state index in [2.05, 4.69) is 32.4 Å². The highest BCUT2D eigenvalue weighted by atomic mass is 16.1. The SMILES string of the molecule is CN(CCC(=O)NC1CCCCC1)[C@@H]1CCCN(c2cccnn2)C1. The van der Waals surface area contributed by atoms with Crippen LogP contribution in [0.25, 0.3) is 0 Å². The van der Waals surface area contributed by atoms with E-state index in [0.29, 0.717) is 18.5 Å². The van der Waals surface area contributed by atoms with Crippen LogP contribution in [-0.4, -0.2) is 59.8 Å². The average Bonchev–Trinajstić information content (AvgIpc) is 2.68. The fraction of sp³-hybridized carbons (Fsp3) is 0.737. The second-order valence-electron chi connectivity index (χ2n) is 7.46. The lowest BCUT2D eigenvalue weighted by molar-refractivity contribution is -0.122. The van der Waals surface area contributed by atoms with Gasteiger partial charge < -0.3 is 15.1 Å². The van der Waals surface area contributed by atoms with Gasteiger partial charge in [-0.05, 0) is 44.9 Å². The Morgan fingerprint density at radius 2 is 2.12 bits per heavy atom. The van der Waals surface area contributed by atoms with E-state index in [0.717, 1.165) is 44.7 Å². The van der Waals surface area contributed by atoms with Crippen LogP contribution in [0.4, 0.5) is 5.82 Å². The van der Waals surface area contributed by atoms with Crippen LogP contribution in [0.1, 0.15) is 51.4 Å². The van der Waals surface area contributed by atoms with Crippen LogP contribution in [0.5, 0.6) is 0 Å². The van der Waals surface area contributed by atoms with Crippen molar-refractivity contribution < 1.29 is 4.79 Å². The van der Waals surface area contributed by atoms with Gasteiger partial charge in [0.25, 0.3) is 0 Å². The van der Waals surface area contributed by atoms with Crippen molar-refractivity contribution in [1.29, 1.82) is 0 Å². The number of amides is 1. The van der Waals surface area contributed by atoms with Crippen LogP contribution in [0.2, 0.25) is 0 Å². The standard InChI is InChI=1S/C19H31N5O/c1-23(14-11-19(25)21-16-7-3-2-4-8-16)17-9-6-13-24(15-17)18-10-5-12-20-22-18/h5,10,12,16-17H,2-4,6-9,11,13-15H2,1H3,(H,21,25)/t17-/m1/s1. The summed E-state index contributed by atoms with van der Waals surface area (Å²) in [5.41, 5.74) is 0. The van der Waals surface area contributed by atoms with E-state index in [-0.39, 0.29) is 5.91 Å². The molecule has 1 atom stereocenters. The molecule has 2 fully saturated rings. The molecule has 1 amide bonds. The van der Waals surface area contributed by atoms with E-state index in [9.17, 15) is 4.79 Å². The smallest absolute Gasteiger partial charge is 0.221 e. The molecule has 1 aromatic rings. The van der Waals surface area contributed by atoms with Crippen LogP contribution >= 0.6 is 0 Å². The fourth-order valence-corrected chi connectivity index (χ4v) is 3.99. The molecule has 1 N–H and O–H groups in total. The average molecular weight is 345 g/mol. The molecule has 138 valence electrons. The number of hydrogen-bond donors (Lipinski definition) is 1. The van der Waals surface area contributed by atoms with Crippen molar-refractivity contribution in [3.63, 3.8) is 0 Å². The van der Waals surface area contributed by atoms with Crippen molar-refractivity contribution in [3.8, 4) is 0 Å². The molecule has 0 radical (unpaired) electrons. The quantitative estimate of drug-likeness (QED) is 0.856. The van der Waals surface area contributed by atoms with Gasteiger partial charge in [-0.3, -0.25) is 4.79 Å². The molecule has 0 unspecified atom stereocenters. The van der Waals surface area contributed by atoms with Crippen LogP contribution in [0.15, 0.2) is 18.3 Å². The number of piperidine rings is 1. The zero-order valence-electron chi connectivity index (χ0n) is 15.4. The molecule has 25 heavy (non-hydrogen) atoms. The van der Waals surface area contributed by atoms with Gasteiger partial charge in [-0.1, -0.05) is 19.3 Å². The molecule has 0 aromatic carbocycles. The zero-order chi connectivity index (χ0) is 17.5. The van der Waals surface area contributed by atoms with E-state index in [4.69, 9.17) is 0 Å². The number of nitrogens with one attached hydrogen (secondary N) is 1. The number of likely N-dealkylation sites (N-methyl/N-ethyl adjacent to an activating group) is 1.